The first kappa shape index (κ1) is 16.6. The first-order valence-corrected chi connectivity index (χ1v) is 7.92. The van der Waals surface area contributed by atoms with Crippen molar-refractivity contribution in [1.82, 2.24) is 0 Å². The maximum atomic E-state index is 10.8. The van der Waals surface area contributed by atoms with Crippen LogP contribution in [0.1, 0.15) is 71.1 Å². The fraction of sp³-hybridized carbons (Fsp3) is 0.917. The zero-order chi connectivity index (χ0) is 13.1. The number of carbonyl (C=O) groups is 1. The van der Waals surface area contributed by atoms with Gasteiger partial charge in [0.15, 0.2) is 0 Å². The Hall–Kier alpha value is -0.420. The van der Waals surface area contributed by atoms with E-state index in [1.807, 2.05) is 0 Å². The normalized spacial score (nSPS) is 11.6. The van der Waals surface area contributed by atoms with Gasteiger partial charge in [-0.05, 0) is 6.42 Å². The van der Waals surface area contributed by atoms with Crippen LogP contribution in [-0.2, 0) is 14.9 Å². The van der Waals surface area contributed by atoms with E-state index >= 15 is 0 Å². The van der Waals surface area contributed by atoms with E-state index in [0.29, 0.717) is 6.42 Å². The molecule has 102 valence electrons. The number of hydrogen-bond acceptors (Lipinski definition) is 3. The van der Waals surface area contributed by atoms with Gasteiger partial charge >= 0.3 is 10.1 Å². The molecule has 0 heterocycles. The van der Waals surface area contributed by atoms with E-state index in [1.165, 1.54) is 32.1 Å². The molecule has 0 amide bonds. The quantitative estimate of drug-likeness (QED) is 0.485. The number of carbonyl (C=O) groups excluding carboxylic acids is 1. The summed E-state index contributed by atoms with van der Waals surface area (Å²) in [5, 5.41) is -1.06. The van der Waals surface area contributed by atoms with Crippen molar-refractivity contribution in [3.8, 4) is 0 Å². The van der Waals surface area contributed by atoms with Crippen molar-refractivity contribution in [3.05, 3.63) is 0 Å². The molecular weight excluding hydrogens is 240 g/mol. The molecule has 1 N–H and O–H groups in total. The third-order valence-electron chi connectivity index (χ3n) is 2.77. The molecule has 0 aliphatic carbocycles. The lowest BCUT2D eigenvalue weighted by Crippen LogP contribution is -2.12. The second-order valence-corrected chi connectivity index (χ2v) is 5.83. The molecule has 0 bridgehead atoms. The maximum Gasteiger partial charge on any atom is 0.328 e. The summed E-state index contributed by atoms with van der Waals surface area (Å²) < 4.78 is 29.2. The molecule has 4 nitrogen and oxygen atoms in total. The minimum atomic E-state index is -4.45. The van der Waals surface area contributed by atoms with Gasteiger partial charge in [0, 0.05) is 6.42 Å². The lowest BCUT2D eigenvalue weighted by atomic mass is 10.1. The highest BCUT2D eigenvalue weighted by Crippen LogP contribution is 2.11. The topological polar surface area (TPSA) is 71.4 Å². The monoisotopic (exact) mass is 264 g/mol. The third-order valence-corrected chi connectivity index (χ3v) is 3.55. The molecule has 0 atom stereocenters. The van der Waals surface area contributed by atoms with Gasteiger partial charge in [-0.1, -0.05) is 58.3 Å². The van der Waals surface area contributed by atoms with Gasteiger partial charge in [0.2, 0.25) is 0 Å². The molecule has 0 aliphatic rings. The third kappa shape index (κ3) is 10.5. The Labute approximate surface area is 105 Å². The van der Waals surface area contributed by atoms with E-state index in [4.69, 9.17) is 4.55 Å². The van der Waals surface area contributed by atoms with Crippen molar-refractivity contribution in [2.75, 3.05) is 0 Å². The van der Waals surface area contributed by atoms with Crippen LogP contribution in [0.15, 0.2) is 0 Å². The molecule has 5 heteroatoms. The number of unbranched alkanes of at least 4 members (excludes halogenated alkanes) is 8. The summed E-state index contributed by atoms with van der Waals surface area (Å²) >= 11 is 0. The molecule has 0 rings (SSSR count). The lowest BCUT2D eigenvalue weighted by Gasteiger charge is -2.01. The van der Waals surface area contributed by atoms with Crippen LogP contribution in [0, 0.1) is 0 Å². The Kier molecular flexibility index (Phi) is 9.36. The predicted molar refractivity (Wildman–Crippen MR) is 68.4 cm³/mol. The van der Waals surface area contributed by atoms with Crippen LogP contribution < -0.4 is 0 Å². The van der Waals surface area contributed by atoms with Gasteiger partial charge in [0.05, 0.1) is 0 Å². The van der Waals surface area contributed by atoms with Crippen LogP contribution in [0.25, 0.3) is 0 Å². The standard InChI is InChI=1S/C12H24O4S/c1-2-3-4-5-6-7-8-9-10-11-12(13)17(14,15)16/h2-11H2,1H3,(H,14,15,16). The highest BCUT2D eigenvalue weighted by molar-refractivity contribution is 8.01. The zero-order valence-electron chi connectivity index (χ0n) is 10.7. The number of rotatable bonds is 10. The highest BCUT2D eigenvalue weighted by atomic mass is 32.2. The van der Waals surface area contributed by atoms with E-state index in [9.17, 15) is 13.2 Å². The van der Waals surface area contributed by atoms with Crippen LogP contribution in [0.2, 0.25) is 0 Å². The molecule has 0 aromatic rings. The average Bonchev–Trinajstić information content (AvgIpc) is 2.25. The fourth-order valence-corrected chi connectivity index (χ4v) is 2.11. The second-order valence-electron chi connectivity index (χ2n) is 4.43. The van der Waals surface area contributed by atoms with Crippen molar-refractivity contribution in [1.29, 1.82) is 0 Å². The summed E-state index contributed by atoms with van der Waals surface area (Å²) in [6.45, 7) is 2.19. The van der Waals surface area contributed by atoms with E-state index in [2.05, 4.69) is 6.92 Å². The van der Waals surface area contributed by atoms with E-state index in [1.54, 1.807) is 0 Å². The van der Waals surface area contributed by atoms with Gasteiger partial charge in [0.1, 0.15) is 0 Å². The molecule has 0 saturated heterocycles. The average molecular weight is 264 g/mol. The van der Waals surface area contributed by atoms with Crippen LogP contribution in [0.5, 0.6) is 0 Å². The Balaban J connectivity index is 3.27. The number of hydrogen-bond donors (Lipinski definition) is 1. The minimum absolute atomic E-state index is 0.0608. The summed E-state index contributed by atoms with van der Waals surface area (Å²) in [6, 6.07) is 0. The summed E-state index contributed by atoms with van der Waals surface area (Å²) in [4.78, 5) is 10.8. The second kappa shape index (κ2) is 9.59. The molecule has 0 aromatic heterocycles. The molecule has 0 unspecified atom stereocenters. The van der Waals surface area contributed by atoms with Crippen molar-refractivity contribution >= 4 is 15.2 Å². The van der Waals surface area contributed by atoms with Crippen LogP contribution >= 0.6 is 0 Å². The fourth-order valence-electron chi connectivity index (χ4n) is 1.71. The predicted octanol–water partition coefficient (Wildman–Crippen LogP) is 3.32. The van der Waals surface area contributed by atoms with Gasteiger partial charge in [-0.2, -0.15) is 8.42 Å². The summed E-state index contributed by atoms with van der Waals surface area (Å²) in [6.07, 6.45) is 9.83. The molecule has 0 spiro atoms. The van der Waals surface area contributed by atoms with Crippen molar-refractivity contribution in [2.24, 2.45) is 0 Å². The summed E-state index contributed by atoms with van der Waals surface area (Å²) in [5.41, 5.74) is 0. The molecule has 0 fully saturated rings. The van der Waals surface area contributed by atoms with E-state index in [-0.39, 0.29) is 6.42 Å². The van der Waals surface area contributed by atoms with Gasteiger partial charge in [-0.25, -0.2) is 0 Å². The molecular formula is C12H24O4S. The van der Waals surface area contributed by atoms with Crippen molar-refractivity contribution in [3.63, 3.8) is 0 Å². The van der Waals surface area contributed by atoms with Crippen LogP contribution in [0.4, 0.5) is 0 Å². The van der Waals surface area contributed by atoms with Gasteiger partial charge in [0.25, 0.3) is 5.12 Å². The molecule has 0 radical (unpaired) electrons. The van der Waals surface area contributed by atoms with Crippen LogP contribution in [0.3, 0.4) is 0 Å². The Morgan fingerprint density at radius 2 is 1.29 bits per heavy atom. The van der Waals surface area contributed by atoms with E-state index in [0.717, 1.165) is 19.3 Å². The van der Waals surface area contributed by atoms with Crippen molar-refractivity contribution < 1.29 is 17.8 Å². The summed E-state index contributed by atoms with van der Waals surface area (Å²) in [5.74, 6) is 0. The first-order chi connectivity index (χ1) is 7.98. The minimum Gasteiger partial charge on any atom is -0.280 e. The molecule has 0 aromatic carbocycles. The van der Waals surface area contributed by atoms with Crippen LogP contribution in [-0.4, -0.2) is 18.1 Å². The Bertz CT molecular complexity index is 296. The largest absolute Gasteiger partial charge is 0.328 e. The molecule has 0 aliphatic heterocycles. The SMILES string of the molecule is CCCCCCCCCCCC(=O)S(=O)(=O)O. The Morgan fingerprint density at radius 1 is 0.882 bits per heavy atom. The van der Waals surface area contributed by atoms with Gasteiger partial charge in [-0.3, -0.25) is 9.35 Å². The highest BCUT2D eigenvalue weighted by Gasteiger charge is 2.16. The Morgan fingerprint density at radius 3 is 1.71 bits per heavy atom. The van der Waals surface area contributed by atoms with Gasteiger partial charge in [-0.15, -0.1) is 0 Å². The first-order valence-electron chi connectivity index (χ1n) is 6.48. The lowest BCUT2D eigenvalue weighted by molar-refractivity contribution is -0.112. The van der Waals surface area contributed by atoms with Gasteiger partial charge < -0.3 is 0 Å². The molecule has 0 saturated carbocycles. The molecule has 17 heavy (non-hydrogen) atoms. The summed E-state index contributed by atoms with van der Waals surface area (Å²) in [7, 11) is -4.45. The maximum absolute atomic E-state index is 10.8. The smallest absolute Gasteiger partial charge is 0.280 e. The zero-order valence-corrected chi connectivity index (χ0v) is 11.5. The van der Waals surface area contributed by atoms with Crippen molar-refractivity contribution in [2.45, 2.75) is 71.1 Å². The van der Waals surface area contributed by atoms with E-state index < -0.39 is 15.2 Å².